The summed E-state index contributed by atoms with van der Waals surface area (Å²) in [6.45, 7) is 9.81. The molecule has 666 valence electrons. The molecule has 0 saturated carbocycles. The van der Waals surface area contributed by atoms with Gasteiger partial charge < -0.3 is 33.8 Å². The second kappa shape index (κ2) is 84.1. The maximum absolute atomic E-state index is 13.2. The molecule has 0 bridgehead atoms. The summed E-state index contributed by atoms with van der Waals surface area (Å²) in [4.78, 5) is 73.4. The van der Waals surface area contributed by atoms with E-state index in [0.29, 0.717) is 25.7 Å². The summed E-state index contributed by atoms with van der Waals surface area (Å²) in [5.41, 5.74) is 0. The highest BCUT2D eigenvalue weighted by Gasteiger charge is 2.31. The summed E-state index contributed by atoms with van der Waals surface area (Å²) < 4.78 is 69.1. The van der Waals surface area contributed by atoms with Crippen LogP contribution in [0.2, 0.25) is 0 Å². The number of hydrogen-bond acceptors (Lipinski definition) is 15. The molecule has 0 aromatic carbocycles. The molecule has 112 heavy (non-hydrogen) atoms. The quantitative estimate of drug-likeness (QED) is 0.0222. The number of phosphoric acid groups is 2. The Kier molecular flexibility index (Phi) is 82.6. The second-order valence-electron chi connectivity index (χ2n) is 34.1. The maximum atomic E-state index is 13.2. The largest absolute Gasteiger partial charge is 0.472 e. The third-order valence-corrected chi connectivity index (χ3v) is 24.2. The molecule has 0 spiro atoms. The smallest absolute Gasteiger partial charge is 0.462 e. The molecule has 3 N–H and O–H groups in total. The molecule has 0 saturated heterocycles. The molecule has 0 amide bonds. The zero-order valence-electron chi connectivity index (χ0n) is 74.0. The maximum Gasteiger partial charge on any atom is 0.472 e. The third kappa shape index (κ3) is 84.5. The normalized spacial score (nSPS) is 13.9. The molecule has 6 atom stereocenters. The Balaban J connectivity index is 5.21. The van der Waals surface area contributed by atoms with Crippen molar-refractivity contribution in [1.82, 2.24) is 0 Å². The van der Waals surface area contributed by atoms with Crippen molar-refractivity contribution in [2.24, 2.45) is 11.8 Å². The van der Waals surface area contributed by atoms with Crippen molar-refractivity contribution >= 4 is 39.5 Å². The van der Waals surface area contributed by atoms with Gasteiger partial charge in [-0.2, -0.15) is 0 Å². The van der Waals surface area contributed by atoms with Crippen LogP contribution in [0.1, 0.15) is 504 Å². The summed E-state index contributed by atoms with van der Waals surface area (Å²) in [5.74, 6) is -0.399. The Bertz CT molecular complexity index is 2130. The average molecular weight is 1630 g/mol. The van der Waals surface area contributed by atoms with Gasteiger partial charge in [-0.05, 0) is 37.5 Å². The fourth-order valence-electron chi connectivity index (χ4n) is 14.6. The predicted molar refractivity (Wildman–Crippen MR) is 465 cm³/mol. The van der Waals surface area contributed by atoms with Crippen molar-refractivity contribution in [2.45, 2.75) is 522 Å². The third-order valence-electron chi connectivity index (χ3n) is 22.3. The van der Waals surface area contributed by atoms with Gasteiger partial charge in [0.25, 0.3) is 0 Å². The molecule has 0 radical (unpaired) electrons. The van der Waals surface area contributed by atoms with Crippen molar-refractivity contribution in [3.8, 4) is 0 Å². The number of esters is 4. The van der Waals surface area contributed by atoms with E-state index < -0.39 is 97.5 Å². The fourth-order valence-corrected chi connectivity index (χ4v) is 16.2. The standard InChI is InChI=1S/C93H182O17P2/c1-7-10-12-14-16-18-20-21-22-23-24-32-37-42-47-53-59-65-71-77-92(97)109-88(81-103-90(95)75-69-63-57-51-19-17-15-13-11-8-2)83-107-111(99,100)105-79-87(94)80-106-112(101,102)108-84-89(82-104-91(96)76-70-64-58-52-46-41-36-31-27-25-29-34-39-44-49-55-61-67-73-85(4)5)110-93(98)78-72-66-60-54-48-43-38-33-28-26-30-35-40-45-50-56-62-68-74-86(6)9-3/h85-89,94H,7-84H2,1-6H3,(H,99,100)(H,101,102)/t86?,87-,88+,89+/m0/s1. The van der Waals surface area contributed by atoms with Crippen LogP contribution < -0.4 is 0 Å². The molecule has 3 unspecified atom stereocenters. The predicted octanol–water partition coefficient (Wildman–Crippen LogP) is 29.0. The van der Waals surface area contributed by atoms with Gasteiger partial charge in [0.2, 0.25) is 0 Å². The van der Waals surface area contributed by atoms with Gasteiger partial charge in [0.15, 0.2) is 12.2 Å². The van der Waals surface area contributed by atoms with Gasteiger partial charge >= 0.3 is 39.5 Å². The first-order valence-corrected chi connectivity index (χ1v) is 51.0. The number of aliphatic hydroxyl groups is 1. The van der Waals surface area contributed by atoms with E-state index in [-0.39, 0.29) is 25.7 Å². The van der Waals surface area contributed by atoms with Crippen molar-refractivity contribution in [2.75, 3.05) is 39.6 Å². The Labute approximate surface area is 689 Å². The van der Waals surface area contributed by atoms with E-state index in [0.717, 1.165) is 102 Å². The number of phosphoric ester groups is 2. The zero-order valence-corrected chi connectivity index (χ0v) is 75.8. The van der Waals surface area contributed by atoms with Crippen LogP contribution in [0.25, 0.3) is 0 Å². The molecule has 0 heterocycles. The first-order valence-electron chi connectivity index (χ1n) is 48.0. The minimum absolute atomic E-state index is 0.109. The topological polar surface area (TPSA) is 237 Å². The van der Waals surface area contributed by atoms with E-state index in [1.165, 1.54) is 321 Å². The molecule has 0 aromatic heterocycles. The molecule has 0 rings (SSSR count). The van der Waals surface area contributed by atoms with Crippen LogP contribution in [0, 0.1) is 11.8 Å². The van der Waals surface area contributed by atoms with Crippen molar-refractivity contribution in [1.29, 1.82) is 0 Å². The van der Waals surface area contributed by atoms with Crippen LogP contribution in [-0.2, 0) is 65.4 Å². The lowest BCUT2D eigenvalue weighted by atomic mass is 9.99. The Morgan fingerprint density at radius 2 is 0.455 bits per heavy atom. The van der Waals surface area contributed by atoms with Gasteiger partial charge in [-0.25, -0.2) is 9.13 Å². The van der Waals surface area contributed by atoms with E-state index in [2.05, 4.69) is 41.5 Å². The van der Waals surface area contributed by atoms with Crippen LogP contribution in [0.4, 0.5) is 0 Å². The molecule has 0 aliphatic carbocycles. The van der Waals surface area contributed by atoms with Gasteiger partial charge in [0.1, 0.15) is 19.3 Å². The number of carbonyl (C=O) groups is 4. The molecule has 0 fully saturated rings. The van der Waals surface area contributed by atoms with Crippen molar-refractivity contribution in [3.63, 3.8) is 0 Å². The van der Waals surface area contributed by atoms with E-state index >= 15 is 0 Å². The molecule has 19 heteroatoms. The Hall–Kier alpha value is -1.94. The van der Waals surface area contributed by atoms with Crippen molar-refractivity contribution in [3.05, 3.63) is 0 Å². The second-order valence-corrected chi connectivity index (χ2v) is 37.0. The van der Waals surface area contributed by atoms with Gasteiger partial charge in [-0.15, -0.1) is 0 Å². The number of carbonyl (C=O) groups excluding carboxylic acids is 4. The number of ether oxygens (including phenoxy) is 4. The van der Waals surface area contributed by atoms with Crippen LogP contribution in [0.15, 0.2) is 0 Å². The van der Waals surface area contributed by atoms with Crippen LogP contribution in [-0.4, -0.2) is 96.7 Å². The summed E-state index contributed by atoms with van der Waals surface area (Å²) >= 11 is 0. The molecule has 17 nitrogen and oxygen atoms in total. The summed E-state index contributed by atoms with van der Waals surface area (Å²) in [6.07, 6.45) is 79.2. The highest BCUT2D eigenvalue weighted by Crippen LogP contribution is 2.45. The van der Waals surface area contributed by atoms with Gasteiger partial charge in [0.05, 0.1) is 26.4 Å². The van der Waals surface area contributed by atoms with E-state index in [1.807, 2.05) is 0 Å². The van der Waals surface area contributed by atoms with Gasteiger partial charge in [0, 0.05) is 25.7 Å². The molecule has 0 aromatic rings. The summed E-state index contributed by atoms with van der Waals surface area (Å²) in [5, 5.41) is 10.7. The van der Waals surface area contributed by atoms with Gasteiger partial charge in [-0.1, -0.05) is 452 Å². The lowest BCUT2D eigenvalue weighted by Crippen LogP contribution is -2.30. The average Bonchev–Trinajstić information content (AvgIpc) is 0.901. The SMILES string of the molecule is CCCCCCCCCCCCCCCCCCCCCC(=O)O[C@H](COC(=O)CCCCCCCCCCCC)COP(=O)(O)OC[C@H](O)COP(=O)(O)OC[C@@H](COC(=O)CCCCCCCCCCCCCCCCCCCCC(C)C)OC(=O)CCCCCCCCCCCCCCCCCCCCC(C)CC. The molecule has 0 aliphatic heterocycles. The first-order chi connectivity index (χ1) is 54.4. The minimum Gasteiger partial charge on any atom is -0.462 e. The number of hydrogen-bond donors (Lipinski definition) is 3. The Morgan fingerprint density at radius 1 is 0.259 bits per heavy atom. The Morgan fingerprint density at radius 3 is 0.679 bits per heavy atom. The lowest BCUT2D eigenvalue weighted by Gasteiger charge is -2.21. The van der Waals surface area contributed by atoms with Crippen molar-refractivity contribution < 1.29 is 80.2 Å². The number of rotatable bonds is 92. The fraction of sp³-hybridized carbons (Fsp3) is 0.957. The molecular weight excluding hydrogens is 1450 g/mol. The van der Waals surface area contributed by atoms with E-state index in [1.54, 1.807) is 0 Å². The number of unbranched alkanes of at least 4 members (excludes halogenated alkanes) is 61. The van der Waals surface area contributed by atoms with Crippen LogP contribution >= 0.6 is 15.6 Å². The molecule has 0 aliphatic rings. The van der Waals surface area contributed by atoms with Gasteiger partial charge in [-0.3, -0.25) is 37.3 Å². The van der Waals surface area contributed by atoms with E-state index in [4.69, 9.17) is 37.0 Å². The zero-order chi connectivity index (χ0) is 82.0. The van der Waals surface area contributed by atoms with Crippen LogP contribution in [0.3, 0.4) is 0 Å². The lowest BCUT2D eigenvalue weighted by molar-refractivity contribution is -0.161. The first kappa shape index (κ1) is 110. The highest BCUT2D eigenvalue weighted by atomic mass is 31.2. The number of aliphatic hydroxyl groups excluding tert-OH is 1. The molecular formula is C93H182O17P2. The minimum atomic E-state index is -4.97. The van der Waals surface area contributed by atoms with E-state index in [9.17, 15) is 43.2 Å². The highest BCUT2D eigenvalue weighted by molar-refractivity contribution is 7.47. The summed E-state index contributed by atoms with van der Waals surface area (Å²) in [6, 6.07) is 0. The van der Waals surface area contributed by atoms with Crippen LogP contribution in [0.5, 0.6) is 0 Å². The summed E-state index contributed by atoms with van der Waals surface area (Å²) in [7, 11) is -9.94. The monoisotopic (exact) mass is 1630 g/mol.